The van der Waals surface area contributed by atoms with Crippen LogP contribution in [0.5, 0.6) is 0 Å². The number of hydrogen-bond acceptors (Lipinski definition) is 2. The number of halogens is 2. The second kappa shape index (κ2) is 7.07. The molecule has 0 N–H and O–H groups in total. The minimum absolute atomic E-state index is 0.764. The van der Waals surface area contributed by atoms with Crippen molar-refractivity contribution in [3.8, 4) is 0 Å². The molecule has 0 aliphatic carbocycles. The first-order valence-electron chi connectivity index (χ1n) is 5.12. The summed E-state index contributed by atoms with van der Waals surface area (Å²) in [7, 11) is 2.07. The summed E-state index contributed by atoms with van der Waals surface area (Å²) in [4.78, 5) is 6.50. The van der Waals surface area contributed by atoms with E-state index < -0.39 is 0 Å². The zero-order valence-corrected chi connectivity index (χ0v) is 11.3. The smallest absolute Gasteiger partial charge is 0.128 e. The van der Waals surface area contributed by atoms with E-state index in [0.29, 0.717) is 0 Å². The molecule has 0 spiro atoms. The van der Waals surface area contributed by atoms with Gasteiger partial charge in [0.2, 0.25) is 0 Å². The Morgan fingerprint density at radius 3 is 2.73 bits per heavy atom. The van der Waals surface area contributed by atoms with Crippen molar-refractivity contribution in [1.82, 2.24) is 4.98 Å². The molecule has 0 aromatic carbocycles. The van der Waals surface area contributed by atoms with E-state index in [2.05, 4.69) is 32.9 Å². The zero-order chi connectivity index (χ0) is 11.1. The van der Waals surface area contributed by atoms with Crippen LogP contribution < -0.4 is 4.90 Å². The topological polar surface area (TPSA) is 16.1 Å². The van der Waals surface area contributed by atoms with Crippen LogP contribution in [0.4, 0.5) is 5.82 Å². The summed E-state index contributed by atoms with van der Waals surface area (Å²) < 4.78 is 1.02. The first-order valence-corrected chi connectivity index (χ1v) is 6.45. The van der Waals surface area contributed by atoms with Crippen molar-refractivity contribution in [2.24, 2.45) is 0 Å². The number of anilines is 1. The highest BCUT2D eigenvalue weighted by Gasteiger charge is 2.01. The third kappa shape index (κ3) is 4.85. The van der Waals surface area contributed by atoms with E-state index in [1.54, 1.807) is 0 Å². The molecule has 1 aromatic rings. The fourth-order valence-corrected chi connectivity index (χ4v) is 1.75. The quantitative estimate of drug-likeness (QED) is 0.587. The molecule has 15 heavy (non-hydrogen) atoms. The van der Waals surface area contributed by atoms with Crippen molar-refractivity contribution in [2.75, 3.05) is 24.4 Å². The molecule has 1 aromatic heterocycles. The van der Waals surface area contributed by atoms with Crippen molar-refractivity contribution < 1.29 is 0 Å². The van der Waals surface area contributed by atoms with Gasteiger partial charge in [-0.05, 0) is 40.9 Å². The van der Waals surface area contributed by atoms with E-state index in [9.17, 15) is 0 Å². The fraction of sp³-hybridized carbons (Fsp3) is 0.545. The standard InChI is InChI=1S/C11H16BrClN2/c1-15(8-4-2-3-7-13)11-6-5-10(12)9-14-11/h5-6,9H,2-4,7-8H2,1H3. The first-order chi connectivity index (χ1) is 7.24. The normalized spacial score (nSPS) is 10.3. The predicted octanol–water partition coefficient (Wildman–Crippen LogP) is 3.69. The molecule has 0 amide bonds. The molecule has 4 heteroatoms. The maximum Gasteiger partial charge on any atom is 0.128 e. The van der Waals surface area contributed by atoms with Crippen LogP contribution in [0.3, 0.4) is 0 Å². The highest BCUT2D eigenvalue weighted by atomic mass is 79.9. The van der Waals surface area contributed by atoms with Gasteiger partial charge >= 0.3 is 0 Å². The Bertz CT molecular complexity index is 276. The van der Waals surface area contributed by atoms with Gasteiger partial charge in [-0.3, -0.25) is 0 Å². The third-order valence-corrected chi connectivity index (χ3v) is 2.97. The number of unbranched alkanes of at least 4 members (excludes halogenated alkanes) is 2. The lowest BCUT2D eigenvalue weighted by molar-refractivity contribution is 0.704. The number of alkyl halides is 1. The minimum Gasteiger partial charge on any atom is -0.360 e. The number of nitrogens with zero attached hydrogens (tertiary/aromatic N) is 2. The van der Waals surface area contributed by atoms with Crippen molar-refractivity contribution in [3.05, 3.63) is 22.8 Å². The second-order valence-electron chi connectivity index (χ2n) is 3.51. The highest BCUT2D eigenvalue weighted by molar-refractivity contribution is 9.10. The van der Waals surface area contributed by atoms with Crippen molar-refractivity contribution in [2.45, 2.75) is 19.3 Å². The molecule has 0 radical (unpaired) electrons. The lowest BCUT2D eigenvalue weighted by Crippen LogP contribution is -2.19. The van der Waals surface area contributed by atoms with Gasteiger partial charge in [0.05, 0.1) is 0 Å². The van der Waals surface area contributed by atoms with Crippen molar-refractivity contribution >= 4 is 33.3 Å². The lowest BCUT2D eigenvalue weighted by Gasteiger charge is -2.17. The van der Waals surface area contributed by atoms with Crippen LogP contribution in [0.1, 0.15) is 19.3 Å². The van der Waals surface area contributed by atoms with E-state index in [0.717, 1.165) is 29.1 Å². The molecule has 0 aliphatic rings. The van der Waals surface area contributed by atoms with Crippen LogP contribution in [0, 0.1) is 0 Å². The Morgan fingerprint density at radius 2 is 2.13 bits per heavy atom. The summed E-state index contributed by atoms with van der Waals surface area (Å²) in [5.74, 6) is 1.78. The Morgan fingerprint density at radius 1 is 1.33 bits per heavy atom. The van der Waals surface area contributed by atoms with E-state index in [1.807, 2.05) is 18.3 Å². The molecular weight excluding hydrogens is 275 g/mol. The summed E-state index contributed by atoms with van der Waals surface area (Å²) in [5, 5.41) is 0. The van der Waals surface area contributed by atoms with E-state index in [4.69, 9.17) is 11.6 Å². The monoisotopic (exact) mass is 290 g/mol. The molecule has 0 bridgehead atoms. The molecule has 0 saturated heterocycles. The summed E-state index contributed by atoms with van der Waals surface area (Å²) in [6, 6.07) is 4.03. The van der Waals surface area contributed by atoms with Crippen LogP contribution in [0.25, 0.3) is 0 Å². The zero-order valence-electron chi connectivity index (χ0n) is 8.92. The molecule has 1 rings (SSSR count). The first kappa shape index (κ1) is 12.8. The molecule has 0 atom stereocenters. The van der Waals surface area contributed by atoms with Crippen LogP contribution in [-0.2, 0) is 0 Å². The summed E-state index contributed by atoms with van der Waals surface area (Å²) >= 11 is 8.99. The number of rotatable bonds is 6. The molecule has 84 valence electrons. The third-order valence-electron chi connectivity index (χ3n) is 2.23. The fourth-order valence-electron chi connectivity index (χ4n) is 1.33. The lowest BCUT2D eigenvalue weighted by atomic mass is 10.2. The summed E-state index contributed by atoms with van der Waals surface area (Å²) in [6.45, 7) is 1.03. The van der Waals surface area contributed by atoms with Gasteiger partial charge in [0.25, 0.3) is 0 Å². The molecule has 1 heterocycles. The average Bonchev–Trinajstić information content (AvgIpc) is 2.25. The predicted molar refractivity (Wildman–Crippen MR) is 69.8 cm³/mol. The minimum atomic E-state index is 0.764. The van der Waals surface area contributed by atoms with Gasteiger partial charge in [-0.1, -0.05) is 6.42 Å². The molecule has 2 nitrogen and oxygen atoms in total. The van der Waals surface area contributed by atoms with Gasteiger partial charge in [0, 0.05) is 30.1 Å². The maximum absolute atomic E-state index is 5.62. The molecule has 0 aliphatic heterocycles. The van der Waals surface area contributed by atoms with Crippen LogP contribution in [-0.4, -0.2) is 24.5 Å². The average molecular weight is 292 g/mol. The van der Waals surface area contributed by atoms with Gasteiger partial charge in [-0.15, -0.1) is 11.6 Å². The van der Waals surface area contributed by atoms with Crippen molar-refractivity contribution in [1.29, 1.82) is 0 Å². The Balaban J connectivity index is 2.33. The summed E-state index contributed by atoms with van der Waals surface area (Å²) in [5.41, 5.74) is 0. The SMILES string of the molecule is CN(CCCCCCl)c1ccc(Br)cn1. The molecule has 0 saturated carbocycles. The number of aromatic nitrogens is 1. The van der Waals surface area contributed by atoms with E-state index in [1.165, 1.54) is 12.8 Å². The van der Waals surface area contributed by atoms with Gasteiger partial charge < -0.3 is 4.90 Å². The highest BCUT2D eigenvalue weighted by Crippen LogP contribution is 2.14. The largest absolute Gasteiger partial charge is 0.360 e. The van der Waals surface area contributed by atoms with E-state index >= 15 is 0 Å². The van der Waals surface area contributed by atoms with Crippen molar-refractivity contribution in [3.63, 3.8) is 0 Å². The number of pyridine rings is 1. The van der Waals surface area contributed by atoms with Gasteiger partial charge in [-0.2, -0.15) is 0 Å². The van der Waals surface area contributed by atoms with E-state index in [-0.39, 0.29) is 0 Å². The van der Waals surface area contributed by atoms with Crippen LogP contribution in [0.15, 0.2) is 22.8 Å². The molecule has 0 unspecified atom stereocenters. The molecular formula is C11H16BrClN2. The second-order valence-corrected chi connectivity index (χ2v) is 4.80. The Kier molecular flexibility index (Phi) is 6.03. The maximum atomic E-state index is 5.62. The van der Waals surface area contributed by atoms with Crippen LogP contribution in [0.2, 0.25) is 0 Å². The van der Waals surface area contributed by atoms with Gasteiger partial charge in [0.15, 0.2) is 0 Å². The van der Waals surface area contributed by atoms with Gasteiger partial charge in [-0.25, -0.2) is 4.98 Å². The summed E-state index contributed by atoms with van der Waals surface area (Å²) in [6.07, 6.45) is 5.28. The Labute approximate surface area is 105 Å². The Hall–Kier alpha value is -0.280. The molecule has 0 fully saturated rings. The van der Waals surface area contributed by atoms with Crippen LogP contribution >= 0.6 is 27.5 Å². The number of hydrogen-bond donors (Lipinski definition) is 0. The van der Waals surface area contributed by atoms with Gasteiger partial charge in [0.1, 0.15) is 5.82 Å².